The topological polar surface area (TPSA) is 100 Å². The molecule has 6 nitrogen and oxygen atoms in total. The van der Waals surface area contributed by atoms with E-state index in [0.29, 0.717) is 11.2 Å². The maximum atomic E-state index is 12.7. The van der Waals surface area contributed by atoms with E-state index in [1.54, 1.807) is 0 Å². The molecule has 1 amide bonds. The summed E-state index contributed by atoms with van der Waals surface area (Å²) in [5.41, 5.74) is 9.62. The van der Waals surface area contributed by atoms with E-state index in [4.69, 9.17) is 5.73 Å². The van der Waals surface area contributed by atoms with Crippen LogP contribution in [-0.2, 0) is 17.6 Å². The Morgan fingerprint density at radius 3 is 2.72 bits per heavy atom. The fourth-order valence-corrected chi connectivity index (χ4v) is 5.79. The van der Waals surface area contributed by atoms with Crippen LogP contribution in [-0.4, -0.2) is 28.1 Å². The number of carbonyl (C=O) groups is 1. The number of rotatable bonds is 6. The van der Waals surface area contributed by atoms with Crippen LogP contribution in [0.25, 0.3) is 0 Å². The molecular weight excluding hydrogens is 420 g/mol. The summed E-state index contributed by atoms with van der Waals surface area (Å²) in [6.07, 6.45) is 4.07. The van der Waals surface area contributed by atoms with Gasteiger partial charge in [0.25, 0.3) is 0 Å². The third kappa shape index (κ3) is 4.41. The van der Waals surface area contributed by atoms with Crippen LogP contribution in [0.15, 0.2) is 54.6 Å². The number of hydrogen-bond acceptors (Lipinski definition) is 6. The Bertz CT molecular complexity index is 1080. The van der Waals surface area contributed by atoms with Gasteiger partial charge in [0, 0.05) is 22.6 Å². The van der Waals surface area contributed by atoms with E-state index >= 15 is 0 Å². The zero-order valence-electron chi connectivity index (χ0n) is 17.8. The number of aromatic nitrogens is 1. The van der Waals surface area contributed by atoms with Gasteiger partial charge in [0.15, 0.2) is 5.13 Å². The SMILES string of the molecule is Nc1nc2c(s1)CC[C@H]2C(=O)Nc1ccc(C[C@@H]2CC[C@H]([C@H](O)c3ccccc3)N2)cc1. The van der Waals surface area contributed by atoms with Crippen molar-refractivity contribution >= 4 is 28.1 Å². The van der Waals surface area contributed by atoms with E-state index in [9.17, 15) is 9.90 Å². The first kappa shape index (κ1) is 21.1. The highest BCUT2D eigenvalue weighted by Gasteiger charge is 2.32. The number of aryl methyl sites for hydroxylation is 1. The molecule has 0 bridgehead atoms. The molecule has 1 aliphatic heterocycles. The van der Waals surface area contributed by atoms with Crippen LogP contribution >= 0.6 is 11.3 Å². The van der Waals surface area contributed by atoms with Gasteiger partial charge < -0.3 is 21.5 Å². The predicted octanol–water partition coefficient (Wildman–Crippen LogP) is 3.79. The highest BCUT2D eigenvalue weighted by molar-refractivity contribution is 7.15. The second-order valence-electron chi connectivity index (χ2n) is 8.75. The first-order valence-corrected chi connectivity index (χ1v) is 12.0. The molecule has 0 unspecified atom stereocenters. The normalized spacial score (nSPS) is 23.1. The Kier molecular flexibility index (Phi) is 5.95. The Morgan fingerprint density at radius 1 is 1.16 bits per heavy atom. The smallest absolute Gasteiger partial charge is 0.233 e. The van der Waals surface area contributed by atoms with E-state index in [-0.39, 0.29) is 17.9 Å². The fraction of sp³-hybridized carbons (Fsp3) is 0.360. The summed E-state index contributed by atoms with van der Waals surface area (Å²) in [7, 11) is 0. The number of amides is 1. The van der Waals surface area contributed by atoms with Gasteiger partial charge in [-0.3, -0.25) is 4.79 Å². The number of carbonyl (C=O) groups excluding carboxylic acids is 1. The quantitative estimate of drug-likeness (QED) is 0.460. The average Bonchev–Trinajstić information content (AvgIpc) is 3.51. The van der Waals surface area contributed by atoms with E-state index < -0.39 is 6.10 Å². The van der Waals surface area contributed by atoms with Crippen LogP contribution in [0.2, 0.25) is 0 Å². The van der Waals surface area contributed by atoms with Crippen molar-refractivity contribution in [3.63, 3.8) is 0 Å². The zero-order chi connectivity index (χ0) is 22.1. The number of nitrogens with zero attached hydrogens (tertiary/aromatic N) is 1. The molecule has 2 aromatic carbocycles. The molecule has 3 aromatic rings. The lowest BCUT2D eigenvalue weighted by atomic mass is 10.0. The van der Waals surface area contributed by atoms with Gasteiger partial charge in [0.05, 0.1) is 17.7 Å². The summed E-state index contributed by atoms with van der Waals surface area (Å²) < 4.78 is 0. The van der Waals surface area contributed by atoms with Gasteiger partial charge in [0.1, 0.15) is 0 Å². The van der Waals surface area contributed by atoms with Crippen molar-refractivity contribution in [1.29, 1.82) is 0 Å². The molecular formula is C25H28N4O2S. The van der Waals surface area contributed by atoms with Gasteiger partial charge in [-0.1, -0.05) is 42.5 Å². The lowest BCUT2D eigenvalue weighted by molar-refractivity contribution is -0.117. The molecule has 4 atom stereocenters. The molecule has 166 valence electrons. The summed E-state index contributed by atoms with van der Waals surface area (Å²) in [5, 5.41) is 17.8. The number of aliphatic hydroxyl groups excluding tert-OH is 1. The number of thiazole rings is 1. The monoisotopic (exact) mass is 448 g/mol. The van der Waals surface area contributed by atoms with Crippen molar-refractivity contribution in [1.82, 2.24) is 10.3 Å². The van der Waals surface area contributed by atoms with Crippen LogP contribution < -0.4 is 16.4 Å². The number of hydrogen-bond donors (Lipinski definition) is 4. The van der Waals surface area contributed by atoms with Gasteiger partial charge >= 0.3 is 0 Å². The fourth-order valence-electron chi connectivity index (χ4n) is 4.88. The number of aliphatic hydroxyl groups is 1. The minimum Gasteiger partial charge on any atom is -0.387 e. The molecule has 1 fully saturated rings. The molecule has 2 heterocycles. The Morgan fingerprint density at radius 2 is 1.94 bits per heavy atom. The molecule has 5 rings (SSSR count). The molecule has 32 heavy (non-hydrogen) atoms. The largest absolute Gasteiger partial charge is 0.387 e. The minimum absolute atomic E-state index is 0.0167. The third-order valence-electron chi connectivity index (χ3n) is 6.55. The van der Waals surface area contributed by atoms with Crippen molar-refractivity contribution in [3.05, 3.63) is 76.3 Å². The van der Waals surface area contributed by atoms with Crippen molar-refractivity contribution in [2.45, 2.75) is 56.2 Å². The van der Waals surface area contributed by atoms with Crippen LogP contribution in [0, 0.1) is 0 Å². The van der Waals surface area contributed by atoms with E-state index in [2.05, 4.69) is 27.8 Å². The number of nitrogens with one attached hydrogen (secondary N) is 2. The van der Waals surface area contributed by atoms with Crippen molar-refractivity contribution in [2.75, 3.05) is 11.1 Å². The molecule has 1 aromatic heterocycles. The summed E-state index contributed by atoms with van der Waals surface area (Å²) in [4.78, 5) is 18.2. The van der Waals surface area contributed by atoms with Crippen LogP contribution in [0.1, 0.15) is 53.0 Å². The lowest BCUT2D eigenvalue weighted by Crippen LogP contribution is -2.35. The molecule has 2 aliphatic rings. The number of nitrogens with two attached hydrogens (primary N) is 1. The van der Waals surface area contributed by atoms with Gasteiger partial charge in [0.2, 0.25) is 5.91 Å². The molecule has 0 saturated carbocycles. The molecule has 7 heteroatoms. The molecule has 1 aliphatic carbocycles. The van der Waals surface area contributed by atoms with Crippen molar-refractivity contribution in [3.8, 4) is 0 Å². The zero-order valence-corrected chi connectivity index (χ0v) is 18.6. The van der Waals surface area contributed by atoms with E-state index in [1.165, 1.54) is 16.9 Å². The minimum atomic E-state index is -0.483. The predicted molar refractivity (Wildman–Crippen MR) is 128 cm³/mol. The second-order valence-corrected chi connectivity index (χ2v) is 9.86. The maximum Gasteiger partial charge on any atom is 0.233 e. The molecule has 5 N–H and O–H groups in total. The van der Waals surface area contributed by atoms with Crippen molar-refractivity contribution < 1.29 is 9.90 Å². The highest BCUT2D eigenvalue weighted by Crippen LogP contribution is 2.38. The van der Waals surface area contributed by atoms with E-state index in [0.717, 1.165) is 53.9 Å². The Hall–Kier alpha value is -2.74. The van der Waals surface area contributed by atoms with E-state index in [1.807, 2.05) is 42.5 Å². The first-order valence-electron chi connectivity index (χ1n) is 11.2. The third-order valence-corrected chi connectivity index (χ3v) is 7.51. The maximum absolute atomic E-state index is 12.7. The summed E-state index contributed by atoms with van der Waals surface area (Å²) >= 11 is 1.49. The summed E-state index contributed by atoms with van der Waals surface area (Å²) in [5.74, 6) is -0.231. The molecule has 0 radical (unpaired) electrons. The van der Waals surface area contributed by atoms with Crippen LogP contribution in [0.4, 0.5) is 10.8 Å². The van der Waals surface area contributed by atoms with Crippen molar-refractivity contribution in [2.24, 2.45) is 0 Å². The summed E-state index contributed by atoms with van der Waals surface area (Å²) in [6, 6.07) is 18.3. The number of fused-ring (bicyclic) bond motifs is 1. The van der Waals surface area contributed by atoms with Gasteiger partial charge in [-0.2, -0.15) is 0 Å². The number of benzene rings is 2. The van der Waals surface area contributed by atoms with Crippen LogP contribution in [0.3, 0.4) is 0 Å². The van der Waals surface area contributed by atoms with Gasteiger partial charge in [-0.05, 0) is 55.4 Å². The standard InChI is InChI=1S/C25H28N4O2S/c26-25-29-22-19(11-13-21(22)32-25)24(31)28-17-8-6-15(7-9-17)14-18-10-12-20(27-18)23(30)16-4-2-1-3-5-16/h1-9,18-20,23,27,30H,10-14H2,(H2,26,29)(H,28,31)/t18-,19+,20+,23+/m0/s1. The average molecular weight is 449 g/mol. The van der Waals surface area contributed by atoms with Gasteiger partial charge in [-0.15, -0.1) is 11.3 Å². The van der Waals surface area contributed by atoms with Gasteiger partial charge in [-0.25, -0.2) is 4.98 Å². The Balaban J connectivity index is 1.15. The Labute approximate surface area is 191 Å². The highest BCUT2D eigenvalue weighted by atomic mass is 32.1. The van der Waals surface area contributed by atoms with Crippen LogP contribution in [0.5, 0.6) is 0 Å². The second kappa shape index (κ2) is 9.02. The number of anilines is 2. The first-order chi connectivity index (χ1) is 15.6. The number of nitrogen functional groups attached to an aromatic ring is 1. The summed E-state index contributed by atoms with van der Waals surface area (Å²) in [6.45, 7) is 0. The molecule has 1 saturated heterocycles. The lowest BCUT2D eigenvalue weighted by Gasteiger charge is -2.20. The molecule has 0 spiro atoms.